The van der Waals surface area contributed by atoms with Gasteiger partial charge in [-0.1, -0.05) is 12.1 Å². The van der Waals surface area contributed by atoms with Crippen molar-refractivity contribution in [2.24, 2.45) is 0 Å². The highest BCUT2D eigenvalue weighted by Crippen LogP contribution is 2.20. The molecule has 0 fully saturated rings. The van der Waals surface area contributed by atoms with Crippen LogP contribution in [0.1, 0.15) is 5.56 Å². The van der Waals surface area contributed by atoms with Crippen molar-refractivity contribution in [2.45, 2.75) is 11.4 Å². The first-order chi connectivity index (χ1) is 9.74. The molecule has 0 aliphatic heterocycles. The van der Waals surface area contributed by atoms with Crippen molar-refractivity contribution < 1.29 is 8.81 Å². The fourth-order valence-electron chi connectivity index (χ4n) is 1.90. The summed E-state index contributed by atoms with van der Waals surface area (Å²) in [4.78, 5) is 5.43. The molecule has 0 aliphatic rings. The Morgan fingerprint density at radius 1 is 1.20 bits per heavy atom. The summed E-state index contributed by atoms with van der Waals surface area (Å²) in [6, 6.07) is 13.0. The van der Waals surface area contributed by atoms with Crippen LogP contribution < -0.4 is 5.32 Å². The van der Waals surface area contributed by atoms with E-state index in [1.54, 1.807) is 17.8 Å². The lowest BCUT2D eigenvalue weighted by molar-refractivity contribution is 0.610. The van der Waals surface area contributed by atoms with Crippen LogP contribution in [0.2, 0.25) is 0 Å². The quantitative estimate of drug-likeness (QED) is 0.726. The number of anilines is 1. The zero-order chi connectivity index (χ0) is 13.9. The molecule has 1 heterocycles. The van der Waals surface area contributed by atoms with Gasteiger partial charge >= 0.3 is 0 Å². The molecule has 0 amide bonds. The number of hydrogen-bond donors (Lipinski definition) is 1. The van der Waals surface area contributed by atoms with Crippen molar-refractivity contribution in [2.75, 3.05) is 11.6 Å². The molecule has 0 spiro atoms. The van der Waals surface area contributed by atoms with E-state index in [2.05, 4.69) is 34.6 Å². The molecule has 0 aliphatic carbocycles. The smallest absolute Gasteiger partial charge is 0.295 e. The molecule has 2 aromatic carbocycles. The van der Waals surface area contributed by atoms with Gasteiger partial charge in [-0.3, -0.25) is 0 Å². The summed E-state index contributed by atoms with van der Waals surface area (Å²) in [6.07, 6.45) is 2.05. The molecule has 5 heteroatoms. The van der Waals surface area contributed by atoms with Crippen LogP contribution in [-0.4, -0.2) is 11.2 Å². The van der Waals surface area contributed by atoms with Crippen LogP contribution in [0.4, 0.5) is 10.4 Å². The van der Waals surface area contributed by atoms with E-state index in [1.165, 1.54) is 17.0 Å². The molecule has 0 unspecified atom stereocenters. The molecule has 1 N–H and O–H groups in total. The zero-order valence-electron chi connectivity index (χ0n) is 10.9. The minimum Gasteiger partial charge on any atom is -0.424 e. The molecule has 0 atom stereocenters. The summed E-state index contributed by atoms with van der Waals surface area (Å²) in [7, 11) is 0. The van der Waals surface area contributed by atoms with E-state index in [9.17, 15) is 4.39 Å². The molecular weight excluding hydrogens is 275 g/mol. The number of aromatic nitrogens is 1. The molecule has 3 aromatic rings. The maximum Gasteiger partial charge on any atom is 0.295 e. The van der Waals surface area contributed by atoms with Crippen molar-refractivity contribution in [3.8, 4) is 0 Å². The summed E-state index contributed by atoms with van der Waals surface area (Å²) < 4.78 is 18.6. The van der Waals surface area contributed by atoms with Gasteiger partial charge in [0.1, 0.15) is 11.3 Å². The standard InChI is InChI=1S/C15H13FN2OS/c1-20-12-5-2-10(3-6-12)9-17-15-18-13-8-11(16)4-7-14(13)19-15/h2-8H,9H2,1H3,(H,17,18). The first kappa shape index (κ1) is 13.0. The van der Waals surface area contributed by atoms with Gasteiger partial charge in [0.2, 0.25) is 0 Å². The molecule has 20 heavy (non-hydrogen) atoms. The average molecular weight is 288 g/mol. The molecule has 3 rings (SSSR count). The van der Waals surface area contributed by atoms with E-state index in [0.717, 1.165) is 5.56 Å². The van der Waals surface area contributed by atoms with Crippen LogP contribution >= 0.6 is 11.8 Å². The van der Waals surface area contributed by atoms with Crippen LogP contribution in [-0.2, 0) is 6.54 Å². The molecule has 0 radical (unpaired) electrons. The first-order valence-corrected chi connectivity index (χ1v) is 7.40. The number of hydrogen-bond acceptors (Lipinski definition) is 4. The van der Waals surface area contributed by atoms with E-state index in [1.807, 2.05) is 6.26 Å². The third-order valence-electron chi connectivity index (χ3n) is 2.95. The van der Waals surface area contributed by atoms with E-state index < -0.39 is 0 Å². The predicted octanol–water partition coefficient (Wildman–Crippen LogP) is 4.30. The Bertz CT molecular complexity index is 724. The van der Waals surface area contributed by atoms with Crippen LogP contribution in [0.5, 0.6) is 0 Å². The largest absolute Gasteiger partial charge is 0.424 e. The third-order valence-corrected chi connectivity index (χ3v) is 3.70. The Hall–Kier alpha value is -2.01. The second kappa shape index (κ2) is 5.54. The first-order valence-electron chi connectivity index (χ1n) is 6.17. The summed E-state index contributed by atoms with van der Waals surface area (Å²) in [5.41, 5.74) is 2.23. The number of thioether (sulfide) groups is 1. The minimum atomic E-state index is -0.315. The molecule has 1 aromatic heterocycles. The average Bonchev–Trinajstić information content (AvgIpc) is 2.87. The van der Waals surface area contributed by atoms with E-state index in [0.29, 0.717) is 23.7 Å². The molecule has 0 saturated carbocycles. The topological polar surface area (TPSA) is 38.1 Å². The van der Waals surface area contributed by atoms with Crippen molar-refractivity contribution in [1.29, 1.82) is 0 Å². The Balaban J connectivity index is 1.72. The van der Waals surface area contributed by atoms with Crippen LogP contribution in [0, 0.1) is 5.82 Å². The lowest BCUT2D eigenvalue weighted by Crippen LogP contribution is -1.99. The number of nitrogens with zero attached hydrogens (tertiary/aromatic N) is 1. The predicted molar refractivity (Wildman–Crippen MR) is 79.5 cm³/mol. The van der Waals surface area contributed by atoms with Crippen molar-refractivity contribution in [1.82, 2.24) is 4.98 Å². The van der Waals surface area contributed by atoms with Crippen LogP contribution in [0.25, 0.3) is 11.1 Å². The fourth-order valence-corrected chi connectivity index (χ4v) is 2.31. The van der Waals surface area contributed by atoms with E-state index in [4.69, 9.17) is 4.42 Å². The molecular formula is C15H13FN2OS. The summed E-state index contributed by atoms with van der Waals surface area (Å²) in [6.45, 7) is 0.615. The third kappa shape index (κ3) is 2.77. The highest BCUT2D eigenvalue weighted by Gasteiger charge is 2.06. The number of fused-ring (bicyclic) bond motifs is 1. The second-order valence-corrected chi connectivity index (χ2v) is 5.21. The summed E-state index contributed by atoms with van der Waals surface area (Å²) >= 11 is 1.71. The molecule has 102 valence electrons. The fraction of sp³-hybridized carbons (Fsp3) is 0.133. The highest BCUT2D eigenvalue weighted by atomic mass is 32.2. The SMILES string of the molecule is CSc1ccc(CNc2nc3cc(F)ccc3o2)cc1. The van der Waals surface area contributed by atoms with Crippen molar-refractivity contribution in [3.63, 3.8) is 0 Å². The highest BCUT2D eigenvalue weighted by molar-refractivity contribution is 7.98. The number of benzene rings is 2. The number of nitrogens with one attached hydrogen (secondary N) is 1. The van der Waals surface area contributed by atoms with Gasteiger partial charge in [0.15, 0.2) is 5.58 Å². The summed E-state index contributed by atoms with van der Waals surface area (Å²) in [5, 5.41) is 3.10. The minimum absolute atomic E-state index is 0.315. The maximum atomic E-state index is 13.1. The van der Waals surface area contributed by atoms with Gasteiger partial charge < -0.3 is 9.73 Å². The van der Waals surface area contributed by atoms with Gasteiger partial charge in [-0.25, -0.2) is 4.39 Å². The Morgan fingerprint density at radius 2 is 2.00 bits per heavy atom. The van der Waals surface area contributed by atoms with Gasteiger partial charge in [0.05, 0.1) is 0 Å². The molecule has 0 bridgehead atoms. The lowest BCUT2D eigenvalue weighted by Gasteiger charge is -2.02. The van der Waals surface area contributed by atoms with Gasteiger partial charge in [-0.05, 0) is 36.1 Å². The Morgan fingerprint density at radius 3 is 2.75 bits per heavy atom. The van der Waals surface area contributed by atoms with Crippen LogP contribution in [0.3, 0.4) is 0 Å². The Kier molecular flexibility index (Phi) is 3.60. The van der Waals surface area contributed by atoms with Gasteiger partial charge in [0, 0.05) is 17.5 Å². The number of rotatable bonds is 4. The number of oxazole rings is 1. The normalized spacial score (nSPS) is 10.9. The number of halogens is 1. The van der Waals surface area contributed by atoms with Gasteiger partial charge in [-0.15, -0.1) is 11.8 Å². The van der Waals surface area contributed by atoms with Gasteiger partial charge in [-0.2, -0.15) is 4.98 Å². The lowest BCUT2D eigenvalue weighted by atomic mass is 10.2. The second-order valence-electron chi connectivity index (χ2n) is 4.33. The maximum absolute atomic E-state index is 13.1. The van der Waals surface area contributed by atoms with Gasteiger partial charge in [0.25, 0.3) is 6.01 Å². The van der Waals surface area contributed by atoms with E-state index >= 15 is 0 Å². The zero-order valence-corrected chi connectivity index (χ0v) is 11.7. The summed E-state index contributed by atoms with van der Waals surface area (Å²) in [5.74, 6) is -0.315. The monoisotopic (exact) mass is 288 g/mol. The molecule has 3 nitrogen and oxygen atoms in total. The van der Waals surface area contributed by atoms with Crippen LogP contribution in [0.15, 0.2) is 51.8 Å². The molecule has 0 saturated heterocycles. The Labute approximate surface area is 120 Å². The van der Waals surface area contributed by atoms with E-state index in [-0.39, 0.29) is 5.82 Å². The van der Waals surface area contributed by atoms with Crippen molar-refractivity contribution >= 4 is 28.9 Å². The van der Waals surface area contributed by atoms with Crippen molar-refractivity contribution in [3.05, 3.63) is 53.8 Å².